The minimum Gasteiger partial charge on any atom is -0.491 e. The zero-order valence-electron chi connectivity index (χ0n) is 12.4. The largest absolute Gasteiger partial charge is 0.491 e. The summed E-state index contributed by atoms with van der Waals surface area (Å²) in [6, 6.07) is 14.6. The molecule has 1 amide bonds. The van der Waals surface area contributed by atoms with Gasteiger partial charge < -0.3 is 4.74 Å². The SMILES string of the molecule is CC(C)Oc1ccc(C(=O)N/N=C\c2cccc(Br)c2)cc1. The number of halogens is 1. The van der Waals surface area contributed by atoms with Gasteiger partial charge >= 0.3 is 0 Å². The molecule has 114 valence electrons. The second-order valence-corrected chi connectivity index (χ2v) is 5.86. The first-order chi connectivity index (χ1) is 10.5. The summed E-state index contributed by atoms with van der Waals surface area (Å²) >= 11 is 3.38. The van der Waals surface area contributed by atoms with E-state index in [-0.39, 0.29) is 12.0 Å². The maximum absolute atomic E-state index is 12.0. The monoisotopic (exact) mass is 360 g/mol. The predicted octanol–water partition coefficient (Wildman–Crippen LogP) is 4.00. The Morgan fingerprint density at radius 3 is 2.59 bits per heavy atom. The van der Waals surface area contributed by atoms with Crippen LogP contribution in [-0.4, -0.2) is 18.2 Å². The second-order valence-electron chi connectivity index (χ2n) is 4.95. The molecule has 0 atom stereocenters. The van der Waals surface area contributed by atoms with Gasteiger partial charge in [-0.25, -0.2) is 5.43 Å². The normalized spacial score (nSPS) is 10.9. The van der Waals surface area contributed by atoms with Crippen molar-refractivity contribution in [3.63, 3.8) is 0 Å². The highest BCUT2D eigenvalue weighted by Gasteiger charge is 2.05. The van der Waals surface area contributed by atoms with Crippen LogP contribution < -0.4 is 10.2 Å². The minimum absolute atomic E-state index is 0.106. The smallest absolute Gasteiger partial charge is 0.271 e. The molecular weight excluding hydrogens is 344 g/mol. The average Bonchev–Trinajstić information content (AvgIpc) is 2.47. The number of benzene rings is 2. The quantitative estimate of drug-likeness (QED) is 0.647. The summed E-state index contributed by atoms with van der Waals surface area (Å²) in [5.74, 6) is 0.478. The van der Waals surface area contributed by atoms with E-state index in [2.05, 4.69) is 26.5 Å². The number of nitrogens with zero attached hydrogens (tertiary/aromatic N) is 1. The fraction of sp³-hybridized carbons (Fsp3) is 0.176. The van der Waals surface area contributed by atoms with E-state index in [0.717, 1.165) is 15.8 Å². The number of carbonyl (C=O) groups is 1. The molecule has 0 saturated carbocycles. The van der Waals surface area contributed by atoms with Crippen LogP contribution in [0.25, 0.3) is 0 Å². The summed E-state index contributed by atoms with van der Waals surface area (Å²) < 4.78 is 6.49. The highest BCUT2D eigenvalue weighted by Crippen LogP contribution is 2.14. The maximum atomic E-state index is 12.0. The van der Waals surface area contributed by atoms with E-state index >= 15 is 0 Å². The van der Waals surface area contributed by atoms with Crippen LogP contribution in [0.5, 0.6) is 5.75 Å². The molecule has 0 spiro atoms. The molecule has 2 aromatic carbocycles. The van der Waals surface area contributed by atoms with Crippen LogP contribution in [0.2, 0.25) is 0 Å². The van der Waals surface area contributed by atoms with Crippen LogP contribution in [0.1, 0.15) is 29.8 Å². The molecule has 4 nitrogen and oxygen atoms in total. The Bertz CT molecular complexity index is 667. The highest BCUT2D eigenvalue weighted by molar-refractivity contribution is 9.10. The first-order valence-corrected chi connectivity index (χ1v) is 7.69. The van der Waals surface area contributed by atoms with Gasteiger partial charge in [-0.1, -0.05) is 28.1 Å². The zero-order valence-corrected chi connectivity index (χ0v) is 14.0. The summed E-state index contributed by atoms with van der Waals surface area (Å²) in [4.78, 5) is 12.0. The van der Waals surface area contributed by atoms with Crippen molar-refractivity contribution in [2.24, 2.45) is 5.10 Å². The number of amides is 1. The molecule has 0 saturated heterocycles. The topological polar surface area (TPSA) is 50.7 Å². The molecule has 5 heteroatoms. The molecule has 0 aliphatic carbocycles. The highest BCUT2D eigenvalue weighted by atomic mass is 79.9. The Kier molecular flexibility index (Phi) is 5.72. The third-order valence-electron chi connectivity index (χ3n) is 2.72. The number of nitrogens with one attached hydrogen (secondary N) is 1. The van der Waals surface area contributed by atoms with Crippen LogP contribution >= 0.6 is 15.9 Å². The minimum atomic E-state index is -0.262. The zero-order chi connectivity index (χ0) is 15.9. The third kappa shape index (κ3) is 5.00. The number of carbonyl (C=O) groups excluding carboxylic acids is 1. The van der Waals surface area contributed by atoms with Crippen molar-refractivity contribution in [1.29, 1.82) is 0 Å². The van der Waals surface area contributed by atoms with Crippen molar-refractivity contribution >= 4 is 28.1 Å². The van der Waals surface area contributed by atoms with Crippen molar-refractivity contribution in [2.75, 3.05) is 0 Å². The lowest BCUT2D eigenvalue weighted by molar-refractivity contribution is 0.0955. The number of hydrazone groups is 1. The summed E-state index contributed by atoms with van der Waals surface area (Å²) in [5, 5.41) is 3.95. The fourth-order valence-electron chi connectivity index (χ4n) is 1.77. The molecule has 1 N–H and O–H groups in total. The lowest BCUT2D eigenvalue weighted by Crippen LogP contribution is -2.17. The van der Waals surface area contributed by atoms with Crippen LogP contribution in [0, 0.1) is 0 Å². The molecule has 2 rings (SSSR count). The Hall–Kier alpha value is -2.14. The van der Waals surface area contributed by atoms with Gasteiger partial charge in [0.2, 0.25) is 0 Å². The van der Waals surface area contributed by atoms with Gasteiger partial charge in [-0.15, -0.1) is 0 Å². The molecule has 2 aromatic rings. The van der Waals surface area contributed by atoms with Gasteiger partial charge in [0.15, 0.2) is 0 Å². The molecule has 22 heavy (non-hydrogen) atoms. The molecule has 0 aliphatic heterocycles. The van der Waals surface area contributed by atoms with Crippen molar-refractivity contribution in [3.05, 3.63) is 64.1 Å². The second kappa shape index (κ2) is 7.75. The first kappa shape index (κ1) is 16.2. The van der Waals surface area contributed by atoms with E-state index in [4.69, 9.17) is 4.74 Å². The van der Waals surface area contributed by atoms with E-state index < -0.39 is 0 Å². The molecule has 0 bridgehead atoms. The molecule has 0 radical (unpaired) electrons. The molecule has 0 aromatic heterocycles. The van der Waals surface area contributed by atoms with Crippen LogP contribution in [0.3, 0.4) is 0 Å². The van der Waals surface area contributed by atoms with Gasteiger partial charge in [0.25, 0.3) is 5.91 Å². The number of ether oxygens (including phenoxy) is 1. The van der Waals surface area contributed by atoms with Crippen LogP contribution in [0.4, 0.5) is 0 Å². The van der Waals surface area contributed by atoms with Crippen LogP contribution in [-0.2, 0) is 0 Å². The standard InChI is InChI=1S/C17H17BrN2O2/c1-12(2)22-16-8-6-14(7-9-16)17(21)20-19-11-13-4-3-5-15(18)10-13/h3-12H,1-2H3,(H,20,21)/b19-11-. The molecule has 0 unspecified atom stereocenters. The predicted molar refractivity (Wildman–Crippen MR) is 91.4 cm³/mol. The molecule has 0 aliphatic rings. The van der Waals surface area contributed by atoms with Gasteiger partial charge in [-0.2, -0.15) is 5.10 Å². The molecule has 0 fully saturated rings. The van der Waals surface area contributed by atoms with Crippen molar-refractivity contribution in [3.8, 4) is 5.75 Å². The number of hydrogen-bond acceptors (Lipinski definition) is 3. The first-order valence-electron chi connectivity index (χ1n) is 6.90. The van der Waals surface area contributed by atoms with Gasteiger partial charge in [-0.3, -0.25) is 4.79 Å². The summed E-state index contributed by atoms with van der Waals surface area (Å²) in [7, 11) is 0. The van der Waals surface area contributed by atoms with Crippen molar-refractivity contribution < 1.29 is 9.53 Å². The van der Waals surface area contributed by atoms with Crippen LogP contribution in [0.15, 0.2) is 58.1 Å². The van der Waals surface area contributed by atoms with E-state index in [1.807, 2.05) is 38.1 Å². The third-order valence-corrected chi connectivity index (χ3v) is 3.21. The Balaban J connectivity index is 1.94. The Labute approximate surface area is 138 Å². The summed E-state index contributed by atoms with van der Waals surface area (Å²) in [6.07, 6.45) is 1.70. The Morgan fingerprint density at radius 2 is 1.95 bits per heavy atom. The maximum Gasteiger partial charge on any atom is 0.271 e. The van der Waals surface area contributed by atoms with Gasteiger partial charge in [0.05, 0.1) is 12.3 Å². The van der Waals surface area contributed by atoms with Gasteiger partial charge in [0, 0.05) is 10.0 Å². The number of rotatable bonds is 5. The van der Waals surface area contributed by atoms with Gasteiger partial charge in [-0.05, 0) is 55.8 Å². The van der Waals surface area contributed by atoms with E-state index in [1.54, 1.807) is 30.5 Å². The lowest BCUT2D eigenvalue weighted by atomic mass is 10.2. The van der Waals surface area contributed by atoms with E-state index in [0.29, 0.717) is 5.56 Å². The van der Waals surface area contributed by atoms with E-state index in [1.165, 1.54) is 0 Å². The van der Waals surface area contributed by atoms with Gasteiger partial charge in [0.1, 0.15) is 5.75 Å². The number of hydrogen-bond donors (Lipinski definition) is 1. The van der Waals surface area contributed by atoms with E-state index in [9.17, 15) is 4.79 Å². The average molecular weight is 361 g/mol. The molecular formula is C17H17BrN2O2. The van der Waals surface area contributed by atoms with Crippen molar-refractivity contribution in [1.82, 2.24) is 5.43 Å². The lowest BCUT2D eigenvalue weighted by Gasteiger charge is -2.09. The Morgan fingerprint density at radius 1 is 1.23 bits per heavy atom. The summed E-state index contributed by atoms with van der Waals surface area (Å²) in [5.41, 5.74) is 3.93. The molecule has 0 heterocycles. The van der Waals surface area contributed by atoms with Crippen molar-refractivity contribution in [2.45, 2.75) is 20.0 Å². The summed E-state index contributed by atoms with van der Waals surface area (Å²) in [6.45, 7) is 3.91. The fourth-order valence-corrected chi connectivity index (χ4v) is 2.19.